The van der Waals surface area contributed by atoms with Crippen molar-refractivity contribution >= 4 is 16.6 Å². The van der Waals surface area contributed by atoms with Gasteiger partial charge in [0.05, 0.1) is 27.4 Å². The number of fused-ring (bicyclic) bond motifs is 1. The number of pyridine rings is 1. The molecule has 2 aromatic heterocycles. The minimum Gasteiger partial charge on any atom is -0.511 e. The molecule has 3 rings (SSSR count). The highest BCUT2D eigenvalue weighted by Gasteiger charge is 2.27. The van der Waals surface area contributed by atoms with Gasteiger partial charge in [0, 0.05) is 25.1 Å². The van der Waals surface area contributed by atoms with Gasteiger partial charge in [-0.3, -0.25) is 15.1 Å². The minimum atomic E-state index is -0.691. The summed E-state index contributed by atoms with van der Waals surface area (Å²) in [7, 11) is 1.86. The predicted octanol–water partition coefficient (Wildman–Crippen LogP) is 4.42. The van der Waals surface area contributed by atoms with Gasteiger partial charge in [0.15, 0.2) is 0 Å². The van der Waals surface area contributed by atoms with Crippen molar-refractivity contribution in [2.75, 3.05) is 0 Å². The Labute approximate surface area is 164 Å². The van der Waals surface area contributed by atoms with Crippen LogP contribution >= 0.6 is 0 Å². The van der Waals surface area contributed by atoms with Gasteiger partial charge in [-0.05, 0) is 48.7 Å². The van der Waals surface area contributed by atoms with E-state index < -0.39 is 6.04 Å². The highest BCUT2D eigenvalue weighted by Crippen LogP contribution is 2.40. The summed E-state index contributed by atoms with van der Waals surface area (Å²) in [5.74, 6) is -0.144. The highest BCUT2D eigenvalue weighted by atomic mass is 16.6. The van der Waals surface area contributed by atoms with Crippen LogP contribution in [-0.2, 0) is 13.5 Å². The van der Waals surface area contributed by atoms with Crippen LogP contribution in [0.4, 0.5) is 5.69 Å². The van der Waals surface area contributed by atoms with Crippen LogP contribution < -0.4 is 5.73 Å². The molecule has 1 atom stereocenters. The second kappa shape index (κ2) is 8.67. The first-order valence-corrected chi connectivity index (χ1v) is 9.12. The molecule has 1 aromatic carbocycles. The zero-order valence-corrected chi connectivity index (χ0v) is 16.6. The molecule has 1 unspecified atom stereocenters. The summed E-state index contributed by atoms with van der Waals surface area (Å²) in [5, 5.41) is 22.1. The summed E-state index contributed by atoms with van der Waals surface area (Å²) < 4.78 is 1.90. The van der Waals surface area contributed by atoms with Crippen LogP contribution in [0.2, 0.25) is 0 Å². The normalized spacial score (nSPS) is 11.6. The third-order valence-corrected chi connectivity index (χ3v) is 4.78. The van der Waals surface area contributed by atoms with Gasteiger partial charge in [0.25, 0.3) is 5.69 Å². The summed E-state index contributed by atoms with van der Waals surface area (Å²) in [5.41, 5.74) is 9.59. The van der Waals surface area contributed by atoms with Crippen molar-refractivity contribution in [1.82, 2.24) is 9.55 Å². The van der Waals surface area contributed by atoms with Crippen molar-refractivity contribution in [3.63, 3.8) is 0 Å². The molecule has 0 saturated carbocycles. The average Bonchev–Trinajstić information content (AvgIpc) is 2.94. The Kier molecular flexibility index (Phi) is 6.53. The number of rotatable bonds is 5. The van der Waals surface area contributed by atoms with Crippen molar-refractivity contribution < 1.29 is 10.0 Å². The van der Waals surface area contributed by atoms with Crippen molar-refractivity contribution in [1.29, 1.82) is 0 Å². The third kappa shape index (κ3) is 3.75. The number of nitrogens with zero attached hydrogens (tertiary/aromatic N) is 3. The third-order valence-electron chi connectivity index (χ3n) is 4.78. The number of nitrogens with two attached hydrogens (primary N) is 1. The van der Waals surface area contributed by atoms with Gasteiger partial charge in [0.1, 0.15) is 5.76 Å². The Hall–Kier alpha value is -3.19. The molecule has 3 aromatic rings. The lowest BCUT2D eigenvalue weighted by atomic mass is 9.96. The molecule has 0 fully saturated rings. The molecule has 3 N–H and O–H groups in total. The van der Waals surface area contributed by atoms with Gasteiger partial charge >= 0.3 is 0 Å². The molecule has 0 spiro atoms. The second-order valence-electron chi connectivity index (χ2n) is 6.27. The van der Waals surface area contributed by atoms with Gasteiger partial charge in [-0.15, -0.1) is 0 Å². The van der Waals surface area contributed by atoms with E-state index in [2.05, 4.69) is 11.6 Å². The fourth-order valence-electron chi connectivity index (χ4n) is 3.26. The maximum absolute atomic E-state index is 12.0. The van der Waals surface area contributed by atoms with Crippen LogP contribution in [0.5, 0.6) is 0 Å². The van der Waals surface area contributed by atoms with Crippen molar-refractivity contribution in [3.05, 3.63) is 70.4 Å². The number of hydrogen-bond acceptors (Lipinski definition) is 5. The lowest BCUT2D eigenvalue weighted by Crippen LogP contribution is -2.25. The lowest BCUT2D eigenvalue weighted by Gasteiger charge is -2.11. The SMILES string of the molecule is C=C(O)C(N)Cc1c(C)n(C)c2ccc(-c3ccncc3)c([N+](=O)[O-])c12.CC. The number of aryl methyl sites for hydroxylation is 1. The second-order valence-corrected chi connectivity index (χ2v) is 6.27. The molecular weight excluding hydrogens is 356 g/mol. The average molecular weight is 382 g/mol. The number of aliphatic hydroxyl groups is 1. The van der Waals surface area contributed by atoms with Crippen LogP contribution in [0.25, 0.3) is 22.0 Å². The minimum absolute atomic E-state index is 0.0307. The Morgan fingerprint density at radius 2 is 1.93 bits per heavy atom. The fourth-order valence-corrected chi connectivity index (χ4v) is 3.26. The number of nitro benzene ring substituents is 1. The van der Waals surface area contributed by atoms with E-state index in [0.29, 0.717) is 10.9 Å². The molecule has 7 heteroatoms. The first-order valence-electron chi connectivity index (χ1n) is 9.12. The first-order chi connectivity index (χ1) is 13.3. The summed E-state index contributed by atoms with van der Waals surface area (Å²) in [6.07, 6.45) is 3.47. The van der Waals surface area contributed by atoms with E-state index in [1.54, 1.807) is 30.6 Å². The highest BCUT2D eigenvalue weighted by molar-refractivity contribution is 6.00. The number of aliphatic hydroxyl groups excluding tert-OH is 1. The maximum atomic E-state index is 12.0. The number of nitro groups is 1. The monoisotopic (exact) mass is 382 g/mol. The van der Waals surface area contributed by atoms with Crippen LogP contribution in [0.3, 0.4) is 0 Å². The first kappa shape index (κ1) is 21.1. The Morgan fingerprint density at radius 1 is 1.32 bits per heavy atom. The van der Waals surface area contributed by atoms with E-state index in [1.165, 1.54) is 0 Å². The quantitative estimate of drug-likeness (QED) is 0.386. The smallest absolute Gasteiger partial charge is 0.286 e. The number of aromatic nitrogens is 2. The van der Waals surface area contributed by atoms with E-state index >= 15 is 0 Å². The van der Waals surface area contributed by atoms with Crippen molar-refractivity contribution in [2.45, 2.75) is 33.2 Å². The molecule has 0 saturated heterocycles. The summed E-state index contributed by atoms with van der Waals surface area (Å²) in [6, 6.07) is 6.41. The number of hydrogen-bond donors (Lipinski definition) is 2. The van der Waals surface area contributed by atoms with Crippen LogP contribution in [0.1, 0.15) is 25.1 Å². The van der Waals surface area contributed by atoms with Crippen LogP contribution in [0, 0.1) is 17.0 Å². The van der Waals surface area contributed by atoms with E-state index in [4.69, 9.17) is 5.73 Å². The Bertz CT molecular complexity index is 1010. The Balaban J connectivity index is 0.00000136. The zero-order valence-electron chi connectivity index (χ0n) is 16.6. The molecule has 0 aliphatic rings. The van der Waals surface area contributed by atoms with Crippen molar-refractivity contribution in [3.8, 4) is 11.1 Å². The molecule has 2 heterocycles. The van der Waals surface area contributed by atoms with Gasteiger partial charge < -0.3 is 15.4 Å². The van der Waals surface area contributed by atoms with Gasteiger partial charge in [0.2, 0.25) is 0 Å². The summed E-state index contributed by atoms with van der Waals surface area (Å²) in [6.45, 7) is 9.36. The molecule has 0 bridgehead atoms. The Morgan fingerprint density at radius 3 is 2.46 bits per heavy atom. The molecule has 0 amide bonds. The zero-order chi connectivity index (χ0) is 21.0. The summed E-state index contributed by atoms with van der Waals surface area (Å²) >= 11 is 0. The predicted molar refractivity (Wildman–Crippen MR) is 112 cm³/mol. The van der Waals surface area contributed by atoms with Gasteiger partial charge in [-0.25, -0.2) is 0 Å². The maximum Gasteiger partial charge on any atom is 0.286 e. The summed E-state index contributed by atoms with van der Waals surface area (Å²) in [4.78, 5) is 15.6. The largest absolute Gasteiger partial charge is 0.511 e. The topological polar surface area (TPSA) is 107 Å². The van der Waals surface area contributed by atoms with E-state index in [9.17, 15) is 15.2 Å². The van der Waals surface area contributed by atoms with Gasteiger partial charge in [-0.2, -0.15) is 0 Å². The fraction of sp³-hybridized carbons (Fsp3) is 0.286. The molecular formula is C21H26N4O3. The molecule has 148 valence electrons. The van der Waals surface area contributed by atoms with E-state index in [0.717, 1.165) is 22.3 Å². The molecule has 0 aliphatic heterocycles. The molecule has 7 nitrogen and oxygen atoms in total. The van der Waals surface area contributed by atoms with E-state index in [1.807, 2.05) is 38.5 Å². The standard InChI is InChI=1S/C19H20N4O3.C2H6/c1-11-15(10-16(20)12(2)24)18-17(22(11)3)5-4-14(19(18)23(25)26)13-6-8-21-9-7-13;1-2/h4-9,16,24H,2,10,20H2,1,3H3;1-2H3. The molecule has 0 radical (unpaired) electrons. The number of benzene rings is 1. The van der Waals surface area contributed by atoms with Crippen LogP contribution in [-0.4, -0.2) is 25.6 Å². The van der Waals surface area contributed by atoms with Gasteiger partial charge in [-0.1, -0.05) is 20.4 Å². The van der Waals surface area contributed by atoms with Crippen molar-refractivity contribution in [2.24, 2.45) is 12.8 Å². The van der Waals surface area contributed by atoms with E-state index in [-0.39, 0.29) is 22.8 Å². The lowest BCUT2D eigenvalue weighted by molar-refractivity contribution is -0.382. The van der Waals surface area contributed by atoms with Crippen LogP contribution in [0.15, 0.2) is 49.0 Å². The molecule has 28 heavy (non-hydrogen) atoms. The molecule has 0 aliphatic carbocycles.